The Balaban J connectivity index is 1.82. The minimum Gasteiger partial charge on any atom is -0.378 e. The largest absolute Gasteiger partial charge is 0.378 e. The molecule has 0 amide bonds. The highest BCUT2D eigenvalue weighted by molar-refractivity contribution is 9.10. The number of rotatable bonds is 3. The van der Waals surface area contributed by atoms with Crippen LogP contribution in [0.2, 0.25) is 0 Å². The molecule has 0 bridgehead atoms. The van der Waals surface area contributed by atoms with Crippen molar-refractivity contribution in [2.45, 2.75) is 6.54 Å². The number of pyridine rings is 1. The summed E-state index contributed by atoms with van der Waals surface area (Å²) in [7, 11) is 0. The maximum Gasteiger partial charge on any atom is 0.208 e. The molecule has 0 aliphatic carbocycles. The monoisotopic (exact) mass is 372 g/mol. The van der Waals surface area contributed by atoms with Gasteiger partial charge in [0.25, 0.3) is 0 Å². The predicted octanol–water partition coefficient (Wildman–Crippen LogP) is 3.08. The van der Waals surface area contributed by atoms with Crippen LogP contribution in [0.4, 0.5) is 5.95 Å². The van der Waals surface area contributed by atoms with Crippen molar-refractivity contribution >= 4 is 33.0 Å². The van der Waals surface area contributed by atoms with Crippen LogP contribution in [-0.2, 0) is 11.3 Å². The Kier molecular flexibility index (Phi) is 4.01. The number of fused-ring (bicyclic) bond motifs is 1. The summed E-state index contributed by atoms with van der Waals surface area (Å²) in [4.78, 5) is 11.5. The number of benzene rings is 1. The normalized spacial score (nSPS) is 15.3. The summed E-state index contributed by atoms with van der Waals surface area (Å²) in [6.45, 7) is 3.98. The molecule has 2 aromatic heterocycles. The first-order chi connectivity index (χ1) is 11.3. The molecule has 0 atom stereocenters. The molecule has 0 N–H and O–H groups in total. The number of aromatic nitrogens is 3. The summed E-state index contributed by atoms with van der Waals surface area (Å²) in [6, 6.07) is 12.5. The van der Waals surface area contributed by atoms with Gasteiger partial charge in [-0.15, -0.1) is 0 Å². The Morgan fingerprint density at radius 2 is 1.91 bits per heavy atom. The van der Waals surface area contributed by atoms with Gasteiger partial charge in [-0.05, 0) is 27.6 Å². The van der Waals surface area contributed by atoms with E-state index < -0.39 is 0 Å². The van der Waals surface area contributed by atoms with Crippen LogP contribution in [0.3, 0.4) is 0 Å². The van der Waals surface area contributed by atoms with E-state index in [1.54, 1.807) is 6.20 Å². The molecular weight excluding hydrogens is 356 g/mol. The zero-order chi connectivity index (χ0) is 15.6. The first-order valence-electron chi connectivity index (χ1n) is 7.70. The molecule has 1 aliphatic rings. The van der Waals surface area contributed by atoms with Crippen molar-refractivity contribution in [3.8, 4) is 0 Å². The third-order valence-corrected chi connectivity index (χ3v) is 4.46. The van der Waals surface area contributed by atoms with Crippen molar-refractivity contribution < 1.29 is 4.74 Å². The number of morpholine rings is 1. The molecule has 0 saturated carbocycles. The van der Waals surface area contributed by atoms with Gasteiger partial charge >= 0.3 is 0 Å². The van der Waals surface area contributed by atoms with Gasteiger partial charge in [0.05, 0.1) is 25.3 Å². The lowest BCUT2D eigenvalue weighted by Gasteiger charge is -2.28. The molecule has 0 unspecified atom stereocenters. The van der Waals surface area contributed by atoms with Crippen molar-refractivity contribution in [3.63, 3.8) is 0 Å². The Morgan fingerprint density at radius 1 is 1.13 bits per heavy atom. The van der Waals surface area contributed by atoms with Gasteiger partial charge in [-0.3, -0.25) is 0 Å². The molecular formula is C17H17BrN4O. The summed E-state index contributed by atoms with van der Waals surface area (Å²) in [5, 5.41) is 0. The summed E-state index contributed by atoms with van der Waals surface area (Å²) >= 11 is 3.52. The summed E-state index contributed by atoms with van der Waals surface area (Å²) in [6.07, 6.45) is 1.80. The molecule has 1 saturated heterocycles. The van der Waals surface area contributed by atoms with Gasteiger partial charge in [0, 0.05) is 23.8 Å². The molecule has 1 fully saturated rings. The first-order valence-corrected chi connectivity index (χ1v) is 8.49. The standard InChI is InChI=1S/C17H17BrN4O/c18-14-10-15-16(19-11-14)20-17(21-6-8-23-9-7-21)22(15)12-13-4-2-1-3-5-13/h1-5,10-11H,6-9,12H2. The zero-order valence-electron chi connectivity index (χ0n) is 12.7. The average molecular weight is 373 g/mol. The maximum atomic E-state index is 5.47. The van der Waals surface area contributed by atoms with Crippen LogP contribution in [0.15, 0.2) is 47.1 Å². The smallest absolute Gasteiger partial charge is 0.208 e. The van der Waals surface area contributed by atoms with Crippen LogP contribution >= 0.6 is 15.9 Å². The third kappa shape index (κ3) is 2.96. The van der Waals surface area contributed by atoms with Crippen molar-refractivity contribution in [3.05, 3.63) is 52.6 Å². The zero-order valence-corrected chi connectivity index (χ0v) is 14.2. The Morgan fingerprint density at radius 3 is 2.70 bits per heavy atom. The number of hydrogen-bond donors (Lipinski definition) is 0. The average Bonchev–Trinajstić information content (AvgIpc) is 2.95. The second-order valence-electron chi connectivity index (χ2n) is 5.58. The predicted molar refractivity (Wildman–Crippen MR) is 93.8 cm³/mol. The van der Waals surface area contributed by atoms with Gasteiger partial charge < -0.3 is 14.2 Å². The number of ether oxygens (including phenoxy) is 1. The molecule has 3 heterocycles. The van der Waals surface area contributed by atoms with E-state index in [2.05, 4.69) is 60.7 Å². The van der Waals surface area contributed by atoms with Crippen LogP contribution in [0.25, 0.3) is 11.2 Å². The minimum atomic E-state index is 0.742. The van der Waals surface area contributed by atoms with Gasteiger partial charge in [0.2, 0.25) is 5.95 Å². The molecule has 0 radical (unpaired) electrons. The van der Waals surface area contributed by atoms with Gasteiger partial charge in [0.1, 0.15) is 0 Å². The summed E-state index contributed by atoms with van der Waals surface area (Å²) < 4.78 is 8.68. The van der Waals surface area contributed by atoms with Crippen molar-refractivity contribution in [1.29, 1.82) is 0 Å². The molecule has 118 valence electrons. The lowest BCUT2D eigenvalue weighted by Crippen LogP contribution is -2.38. The van der Waals surface area contributed by atoms with E-state index in [0.29, 0.717) is 0 Å². The minimum absolute atomic E-state index is 0.742. The molecule has 23 heavy (non-hydrogen) atoms. The second kappa shape index (κ2) is 6.29. The van der Waals surface area contributed by atoms with E-state index in [4.69, 9.17) is 9.72 Å². The SMILES string of the molecule is Brc1cnc2nc(N3CCOCC3)n(Cc3ccccc3)c2c1. The van der Waals surface area contributed by atoms with Gasteiger partial charge in [0.15, 0.2) is 5.65 Å². The van der Waals surface area contributed by atoms with Crippen LogP contribution in [0.1, 0.15) is 5.56 Å². The van der Waals surface area contributed by atoms with Gasteiger partial charge in [-0.2, -0.15) is 4.98 Å². The lowest BCUT2D eigenvalue weighted by atomic mass is 10.2. The Labute approximate surface area is 143 Å². The van der Waals surface area contributed by atoms with E-state index >= 15 is 0 Å². The quantitative estimate of drug-likeness (QED) is 0.708. The fourth-order valence-electron chi connectivity index (χ4n) is 2.90. The Hall–Kier alpha value is -1.92. The van der Waals surface area contributed by atoms with Crippen LogP contribution < -0.4 is 4.90 Å². The van der Waals surface area contributed by atoms with E-state index in [-0.39, 0.29) is 0 Å². The topological polar surface area (TPSA) is 43.2 Å². The highest BCUT2D eigenvalue weighted by Gasteiger charge is 2.20. The molecule has 1 aliphatic heterocycles. The number of imidazole rings is 1. The van der Waals surface area contributed by atoms with Crippen molar-refractivity contribution in [2.24, 2.45) is 0 Å². The molecule has 0 spiro atoms. The molecule has 6 heteroatoms. The molecule has 1 aromatic carbocycles. The fourth-order valence-corrected chi connectivity index (χ4v) is 3.21. The van der Waals surface area contributed by atoms with Gasteiger partial charge in [-0.25, -0.2) is 4.98 Å². The maximum absolute atomic E-state index is 5.47. The van der Waals surface area contributed by atoms with Crippen LogP contribution in [0, 0.1) is 0 Å². The van der Waals surface area contributed by atoms with Crippen LogP contribution in [-0.4, -0.2) is 40.8 Å². The van der Waals surface area contributed by atoms with Crippen LogP contribution in [0.5, 0.6) is 0 Å². The van der Waals surface area contributed by atoms with E-state index in [1.165, 1.54) is 5.56 Å². The van der Waals surface area contributed by atoms with E-state index in [9.17, 15) is 0 Å². The highest BCUT2D eigenvalue weighted by atomic mass is 79.9. The van der Waals surface area contributed by atoms with Crippen molar-refractivity contribution in [2.75, 3.05) is 31.2 Å². The third-order valence-electron chi connectivity index (χ3n) is 4.03. The molecule has 4 rings (SSSR count). The second-order valence-corrected chi connectivity index (χ2v) is 6.49. The summed E-state index contributed by atoms with van der Waals surface area (Å²) in [5.41, 5.74) is 3.08. The van der Waals surface area contributed by atoms with E-state index in [1.807, 2.05) is 6.07 Å². The number of anilines is 1. The lowest BCUT2D eigenvalue weighted by molar-refractivity contribution is 0.121. The first kappa shape index (κ1) is 14.7. The number of nitrogens with zero attached hydrogens (tertiary/aromatic N) is 4. The summed E-state index contributed by atoms with van der Waals surface area (Å²) in [5.74, 6) is 0.970. The molecule has 3 aromatic rings. The highest BCUT2D eigenvalue weighted by Crippen LogP contribution is 2.25. The fraction of sp³-hybridized carbons (Fsp3) is 0.294. The van der Waals surface area contributed by atoms with Gasteiger partial charge in [-0.1, -0.05) is 30.3 Å². The number of halogens is 1. The Bertz CT molecular complexity index is 812. The number of hydrogen-bond acceptors (Lipinski definition) is 4. The molecule has 5 nitrogen and oxygen atoms in total. The van der Waals surface area contributed by atoms with Crippen molar-refractivity contribution in [1.82, 2.24) is 14.5 Å². The van der Waals surface area contributed by atoms with E-state index in [0.717, 1.165) is 54.4 Å².